The number of carbonyl (C=O) groups excluding carboxylic acids is 3. The Morgan fingerprint density at radius 3 is 2.23 bits per heavy atom. The van der Waals surface area contributed by atoms with E-state index in [1.807, 2.05) is 6.07 Å². The fourth-order valence-corrected chi connectivity index (χ4v) is 4.90. The van der Waals surface area contributed by atoms with Gasteiger partial charge >= 0.3 is 0 Å². The number of hydrogen-bond acceptors (Lipinski definition) is 5. The Labute approximate surface area is 178 Å². The maximum Gasteiger partial charge on any atom is 0.248 e. The van der Waals surface area contributed by atoms with E-state index in [9.17, 15) is 14.4 Å². The van der Waals surface area contributed by atoms with Crippen LogP contribution in [0.5, 0.6) is 0 Å². The quantitative estimate of drug-likeness (QED) is 0.636. The molecule has 1 aromatic carbocycles. The second-order valence-electron chi connectivity index (χ2n) is 8.63. The number of nitrogens with two attached hydrogens (primary N) is 2. The first kappa shape index (κ1) is 22.4. The standard InChI is InChI=1S/C23H34N4O3/c24-21(29)20-9-3-2-7-18(20)17-19(28)8-6-12-26-15-10-23(11-16-26,22(25)30)27-13-4-1-5-14-27/h2-3,7,9H,1,4-6,8,10-17H2,(H2,24,29)(H2,25,30). The van der Waals surface area contributed by atoms with Gasteiger partial charge in [0.25, 0.3) is 0 Å². The number of Topliss-reactive ketones (excluding diaryl/α,β-unsaturated/α-hetero) is 1. The highest BCUT2D eigenvalue weighted by atomic mass is 16.2. The van der Waals surface area contributed by atoms with E-state index in [2.05, 4.69) is 9.80 Å². The zero-order valence-corrected chi connectivity index (χ0v) is 17.8. The van der Waals surface area contributed by atoms with Crippen LogP contribution in [0.3, 0.4) is 0 Å². The minimum absolute atomic E-state index is 0.112. The molecule has 2 fully saturated rings. The third-order valence-corrected chi connectivity index (χ3v) is 6.70. The lowest BCUT2D eigenvalue weighted by molar-refractivity contribution is -0.134. The van der Waals surface area contributed by atoms with Gasteiger partial charge in [0.1, 0.15) is 11.3 Å². The normalized spacial score (nSPS) is 20.0. The molecule has 2 heterocycles. The third-order valence-electron chi connectivity index (χ3n) is 6.70. The van der Waals surface area contributed by atoms with Crippen molar-refractivity contribution in [3.05, 3.63) is 35.4 Å². The molecule has 3 rings (SSSR count). The molecular weight excluding hydrogens is 380 g/mol. The molecule has 0 aromatic heterocycles. The van der Waals surface area contributed by atoms with Crippen molar-refractivity contribution in [1.82, 2.24) is 9.80 Å². The molecule has 0 aliphatic carbocycles. The predicted octanol–water partition coefficient (Wildman–Crippen LogP) is 1.48. The summed E-state index contributed by atoms with van der Waals surface area (Å²) in [5, 5.41) is 0. The van der Waals surface area contributed by atoms with E-state index in [4.69, 9.17) is 11.5 Å². The molecule has 0 atom stereocenters. The molecule has 2 saturated heterocycles. The molecule has 7 heteroatoms. The highest BCUT2D eigenvalue weighted by molar-refractivity contribution is 5.96. The van der Waals surface area contributed by atoms with Crippen molar-refractivity contribution in [2.75, 3.05) is 32.7 Å². The van der Waals surface area contributed by atoms with Crippen LogP contribution in [0.4, 0.5) is 0 Å². The van der Waals surface area contributed by atoms with Gasteiger partial charge in [-0.1, -0.05) is 24.6 Å². The number of piperidine rings is 2. The van der Waals surface area contributed by atoms with Crippen molar-refractivity contribution in [2.24, 2.45) is 11.5 Å². The van der Waals surface area contributed by atoms with Gasteiger partial charge in [-0.3, -0.25) is 19.3 Å². The number of likely N-dealkylation sites (tertiary alicyclic amines) is 2. The largest absolute Gasteiger partial charge is 0.368 e. The van der Waals surface area contributed by atoms with Crippen LogP contribution >= 0.6 is 0 Å². The first-order chi connectivity index (χ1) is 14.4. The first-order valence-electron chi connectivity index (χ1n) is 11.1. The van der Waals surface area contributed by atoms with Crippen LogP contribution in [0, 0.1) is 0 Å². The lowest BCUT2D eigenvalue weighted by atomic mass is 9.83. The van der Waals surface area contributed by atoms with Gasteiger partial charge in [0.2, 0.25) is 11.8 Å². The number of hydrogen-bond donors (Lipinski definition) is 2. The highest BCUT2D eigenvalue weighted by Crippen LogP contribution is 2.31. The topological polar surface area (TPSA) is 110 Å². The van der Waals surface area contributed by atoms with Gasteiger partial charge in [-0.2, -0.15) is 0 Å². The van der Waals surface area contributed by atoms with Crippen molar-refractivity contribution in [2.45, 2.75) is 56.9 Å². The molecule has 0 bridgehead atoms. The zero-order chi connectivity index (χ0) is 21.6. The molecule has 0 unspecified atom stereocenters. The second-order valence-corrected chi connectivity index (χ2v) is 8.63. The molecule has 1 aromatic rings. The molecule has 7 nitrogen and oxygen atoms in total. The van der Waals surface area contributed by atoms with E-state index in [0.29, 0.717) is 17.5 Å². The van der Waals surface area contributed by atoms with E-state index in [0.717, 1.165) is 64.8 Å². The zero-order valence-electron chi connectivity index (χ0n) is 17.8. The van der Waals surface area contributed by atoms with Crippen molar-refractivity contribution in [1.29, 1.82) is 0 Å². The highest BCUT2D eigenvalue weighted by Gasteiger charge is 2.44. The Balaban J connectivity index is 1.45. The number of amides is 2. The average Bonchev–Trinajstić information content (AvgIpc) is 2.75. The van der Waals surface area contributed by atoms with E-state index < -0.39 is 11.4 Å². The maximum atomic E-state index is 12.4. The summed E-state index contributed by atoms with van der Waals surface area (Å²) in [6.45, 7) is 4.42. The summed E-state index contributed by atoms with van der Waals surface area (Å²) >= 11 is 0. The number of benzene rings is 1. The van der Waals surface area contributed by atoms with Gasteiger partial charge in [0.15, 0.2) is 0 Å². The Bertz CT molecular complexity index is 765. The molecule has 4 N–H and O–H groups in total. The first-order valence-corrected chi connectivity index (χ1v) is 11.1. The van der Waals surface area contributed by atoms with Crippen LogP contribution in [0.25, 0.3) is 0 Å². The lowest BCUT2D eigenvalue weighted by Gasteiger charge is -2.48. The Morgan fingerprint density at radius 2 is 1.60 bits per heavy atom. The minimum Gasteiger partial charge on any atom is -0.368 e. The van der Waals surface area contributed by atoms with Crippen molar-refractivity contribution in [3.8, 4) is 0 Å². The van der Waals surface area contributed by atoms with Crippen LogP contribution in [-0.4, -0.2) is 65.7 Å². The molecule has 0 spiro atoms. The fraction of sp³-hybridized carbons (Fsp3) is 0.609. The summed E-state index contributed by atoms with van der Waals surface area (Å²) in [5.74, 6) is -0.578. The van der Waals surface area contributed by atoms with Gasteiger partial charge in [-0.05, 0) is 63.4 Å². The summed E-state index contributed by atoms with van der Waals surface area (Å²) in [4.78, 5) is 40.9. The summed E-state index contributed by atoms with van der Waals surface area (Å²) in [6, 6.07) is 7.01. The molecule has 2 aliphatic rings. The van der Waals surface area contributed by atoms with Crippen LogP contribution < -0.4 is 11.5 Å². The Morgan fingerprint density at radius 1 is 0.933 bits per heavy atom. The molecule has 30 heavy (non-hydrogen) atoms. The number of carbonyl (C=O) groups is 3. The maximum absolute atomic E-state index is 12.4. The third kappa shape index (κ3) is 5.26. The lowest BCUT2D eigenvalue weighted by Crippen LogP contribution is -2.63. The fourth-order valence-electron chi connectivity index (χ4n) is 4.90. The van der Waals surface area contributed by atoms with Gasteiger partial charge in [0.05, 0.1) is 0 Å². The van der Waals surface area contributed by atoms with Crippen molar-refractivity contribution in [3.63, 3.8) is 0 Å². The van der Waals surface area contributed by atoms with E-state index in [1.54, 1.807) is 18.2 Å². The number of ketones is 1. The van der Waals surface area contributed by atoms with Gasteiger partial charge in [0, 0.05) is 31.5 Å². The SMILES string of the molecule is NC(=O)c1ccccc1CC(=O)CCCN1CCC(C(N)=O)(N2CCCCC2)CC1. The summed E-state index contributed by atoms with van der Waals surface area (Å²) in [5.41, 5.74) is 11.9. The molecular formula is C23H34N4O3. The monoisotopic (exact) mass is 414 g/mol. The Hall–Kier alpha value is -2.25. The van der Waals surface area contributed by atoms with Crippen molar-refractivity contribution >= 4 is 17.6 Å². The molecule has 0 radical (unpaired) electrons. The molecule has 164 valence electrons. The van der Waals surface area contributed by atoms with E-state index >= 15 is 0 Å². The van der Waals surface area contributed by atoms with Gasteiger partial charge < -0.3 is 16.4 Å². The summed E-state index contributed by atoms with van der Waals surface area (Å²) < 4.78 is 0. The Kier molecular flexibility index (Phi) is 7.61. The van der Waals surface area contributed by atoms with Crippen LogP contribution in [0.2, 0.25) is 0 Å². The number of rotatable bonds is 9. The van der Waals surface area contributed by atoms with E-state index in [-0.39, 0.29) is 18.1 Å². The van der Waals surface area contributed by atoms with Crippen LogP contribution in [0.1, 0.15) is 60.9 Å². The minimum atomic E-state index is -0.502. The summed E-state index contributed by atoms with van der Waals surface area (Å²) in [7, 11) is 0. The van der Waals surface area contributed by atoms with Gasteiger partial charge in [-0.15, -0.1) is 0 Å². The smallest absolute Gasteiger partial charge is 0.248 e. The summed E-state index contributed by atoms with van der Waals surface area (Å²) in [6.07, 6.45) is 6.51. The average molecular weight is 415 g/mol. The van der Waals surface area contributed by atoms with Crippen LogP contribution in [-0.2, 0) is 16.0 Å². The van der Waals surface area contributed by atoms with Gasteiger partial charge in [-0.25, -0.2) is 0 Å². The molecule has 0 saturated carbocycles. The van der Waals surface area contributed by atoms with E-state index in [1.165, 1.54) is 6.42 Å². The predicted molar refractivity (Wildman–Crippen MR) is 116 cm³/mol. The van der Waals surface area contributed by atoms with Crippen LogP contribution in [0.15, 0.2) is 24.3 Å². The second kappa shape index (κ2) is 10.2. The molecule has 2 aliphatic heterocycles. The van der Waals surface area contributed by atoms with Crippen molar-refractivity contribution < 1.29 is 14.4 Å². The number of primary amides is 2. The molecule has 2 amide bonds. The number of nitrogens with zero attached hydrogens (tertiary/aromatic N) is 2.